The Morgan fingerprint density at radius 2 is 1.98 bits per heavy atom. The van der Waals surface area contributed by atoms with Crippen molar-refractivity contribution in [3.63, 3.8) is 0 Å². The average molecular weight is 579 g/mol. The molecule has 0 spiro atoms. The number of nitrogens with two attached hydrogens (primary N) is 1. The van der Waals surface area contributed by atoms with E-state index in [1.165, 1.54) is 47.8 Å². The van der Waals surface area contributed by atoms with Crippen LogP contribution in [0.3, 0.4) is 0 Å². The molecule has 0 radical (unpaired) electrons. The van der Waals surface area contributed by atoms with Gasteiger partial charge in [-0.15, -0.1) is 0 Å². The first kappa shape index (κ1) is 31.0. The van der Waals surface area contributed by atoms with Crippen LogP contribution in [0.15, 0.2) is 34.0 Å². The maximum atomic E-state index is 13.6. The highest BCUT2D eigenvalue weighted by atomic mass is 32.2. The van der Waals surface area contributed by atoms with Crippen molar-refractivity contribution in [2.75, 3.05) is 25.4 Å². The molecular formula is C26H38N6O7S. The molecule has 0 aliphatic heterocycles. The van der Waals surface area contributed by atoms with Crippen molar-refractivity contribution in [2.24, 2.45) is 0 Å². The minimum Gasteiger partial charge on any atom is -0.481 e. The van der Waals surface area contributed by atoms with E-state index in [9.17, 15) is 28.2 Å². The maximum absolute atomic E-state index is 13.6. The van der Waals surface area contributed by atoms with E-state index in [4.69, 9.17) is 10.5 Å². The molecule has 0 aliphatic rings. The molecule has 0 amide bonds. The van der Waals surface area contributed by atoms with Crippen molar-refractivity contribution in [3.8, 4) is 6.01 Å². The second-order valence-electron chi connectivity index (χ2n) is 10.4. The Morgan fingerprint density at radius 1 is 1.25 bits per heavy atom. The number of carboxylic acids is 1. The van der Waals surface area contributed by atoms with E-state index >= 15 is 0 Å². The van der Waals surface area contributed by atoms with Gasteiger partial charge in [0.15, 0.2) is 11.5 Å². The highest BCUT2D eigenvalue weighted by molar-refractivity contribution is 7.89. The summed E-state index contributed by atoms with van der Waals surface area (Å²) < 4.78 is 35.2. The van der Waals surface area contributed by atoms with Gasteiger partial charge in [-0.1, -0.05) is 25.5 Å². The summed E-state index contributed by atoms with van der Waals surface area (Å²) in [6.45, 7) is 7.05. The molecule has 40 heavy (non-hydrogen) atoms. The van der Waals surface area contributed by atoms with Crippen LogP contribution < -0.4 is 16.2 Å². The first-order valence-electron chi connectivity index (χ1n) is 13.2. The second kappa shape index (κ2) is 12.8. The first-order chi connectivity index (χ1) is 18.7. The van der Waals surface area contributed by atoms with Gasteiger partial charge in [-0.05, 0) is 57.7 Å². The van der Waals surface area contributed by atoms with E-state index < -0.39 is 33.2 Å². The standard InChI is InChI=1S/C26H38N6O7S/c1-5-6-14-39-24-29-21(27)20-22(30-24)32(25(35)28-20)13-8-7-12-31(16-26(3,4)36)40(37,38)19-11-9-10-18(15-19)17(2)23(33)34/h9-11,15,17,36H,5-8,12-14,16H2,1-4H3,(H,28,35)(H,33,34)(H2,27,29,30). The summed E-state index contributed by atoms with van der Waals surface area (Å²) in [5, 5.41) is 19.8. The quantitative estimate of drug-likeness (QED) is 0.194. The van der Waals surface area contributed by atoms with Gasteiger partial charge in [0.25, 0.3) is 0 Å². The van der Waals surface area contributed by atoms with Gasteiger partial charge in [0.1, 0.15) is 5.52 Å². The van der Waals surface area contributed by atoms with E-state index in [-0.39, 0.29) is 36.4 Å². The largest absolute Gasteiger partial charge is 0.481 e. The van der Waals surface area contributed by atoms with Gasteiger partial charge in [-0.2, -0.15) is 14.3 Å². The Hall–Kier alpha value is -3.49. The molecule has 2 aromatic heterocycles. The number of sulfonamides is 1. The van der Waals surface area contributed by atoms with Crippen molar-refractivity contribution in [3.05, 3.63) is 40.3 Å². The molecule has 0 fully saturated rings. The Balaban J connectivity index is 1.78. The summed E-state index contributed by atoms with van der Waals surface area (Å²) >= 11 is 0. The maximum Gasteiger partial charge on any atom is 0.327 e. The molecule has 0 saturated carbocycles. The number of nitrogens with zero attached hydrogens (tertiary/aromatic N) is 4. The highest BCUT2D eigenvalue weighted by Gasteiger charge is 2.30. The predicted molar refractivity (Wildman–Crippen MR) is 150 cm³/mol. The van der Waals surface area contributed by atoms with Gasteiger partial charge in [0.2, 0.25) is 10.0 Å². The summed E-state index contributed by atoms with van der Waals surface area (Å²) in [7, 11) is -4.06. The summed E-state index contributed by atoms with van der Waals surface area (Å²) in [6.07, 6.45) is 2.52. The molecule has 3 rings (SSSR count). The number of carboxylic acid groups (broad SMARTS) is 1. The van der Waals surface area contributed by atoms with E-state index in [2.05, 4.69) is 15.0 Å². The third kappa shape index (κ3) is 7.58. The summed E-state index contributed by atoms with van der Waals surface area (Å²) in [5.74, 6) is -1.86. The monoisotopic (exact) mass is 578 g/mol. The molecule has 13 nitrogen and oxygen atoms in total. The second-order valence-corrected chi connectivity index (χ2v) is 12.3. The molecular weight excluding hydrogens is 540 g/mol. The normalized spacial score (nSPS) is 13.2. The number of aromatic amines is 1. The lowest BCUT2D eigenvalue weighted by atomic mass is 10.0. The third-order valence-corrected chi connectivity index (χ3v) is 8.17. The number of anilines is 1. The number of rotatable bonds is 15. The van der Waals surface area contributed by atoms with Crippen molar-refractivity contribution in [1.82, 2.24) is 23.8 Å². The number of benzene rings is 1. The van der Waals surface area contributed by atoms with Crippen LogP contribution in [0, 0.1) is 0 Å². The van der Waals surface area contributed by atoms with Gasteiger partial charge in [-0.25, -0.2) is 13.2 Å². The molecule has 2 heterocycles. The summed E-state index contributed by atoms with van der Waals surface area (Å²) in [5.41, 5.74) is 5.21. The zero-order valence-electron chi connectivity index (χ0n) is 23.3. The van der Waals surface area contributed by atoms with Crippen LogP contribution in [0.2, 0.25) is 0 Å². The van der Waals surface area contributed by atoms with E-state index in [0.717, 1.165) is 12.8 Å². The van der Waals surface area contributed by atoms with E-state index in [0.29, 0.717) is 36.2 Å². The van der Waals surface area contributed by atoms with Crippen molar-refractivity contribution >= 4 is 33.0 Å². The Labute approximate surface area is 233 Å². The van der Waals surface area contributed by atoms with E-state index in [1.54, 1.807) is 6.07 Å². The van der Waals surface area contributed by atoms with Gasteiger partial charge in [0.05, 0.1) is 23.0 Å². The molecule has 1 unspecified atom stereocenters. The Morgan fingerprint density at radius 3 is 2.62 bits per heavy atom. The number of aliphatic carboxylic acids is 1. The first-order valence-corrected chi connectivity index (χ1v) is 14.6. The zero-order valence-corrected chi connectivity index (χ0v) is 24.1. The number of unbranched alkanes of at least 4 members (excludes halogenated alkanes) is 2. The van der Waals surface area contributed by atoms with Gasteiger partial charge >= 0.3 is 17.7 Å². The Bertz CT molecular complexity index is 1490. The van der Waals surface area contributed by atoms with Crippen LogP contribution in [0.1, 0.15) is 64.9 Å². The fraction of sp³-hybridized carbons (Fsp3) is 0.538. The molecule has 14 heteroatoms. The third-order valence-electron chi connectivity index (χ3n) is 6.33. The van der Waals surface area contributed by atoms with E-state index in [1.807, 2.05) is 6.92 Å². The minimum absolute atomic E-state index is 0.0574. The van der Waals surface area contributed by atoms with Crippen molar-refractivity contribution in [1.29, 1.82) is 0 Å². The van der Waals surface area contributed by atoms with Gasteiger partial charge in [-0.3, -0.25) is 9.36 Å². The fourth-order valence-corrected chi connectivity index (χ4v) is 5.81. The van der Waals surface area contributed by atoms with Crippen LogP contribution in [0.5, 0.6) is 6.01 Å². The number of nitrogen functional groups attached to an aromatic ring is 1. The SMILES string of the molecule is CCCCOc1nc(N)c2[nH]c(=O)n(CCCCN(CC(C)(C)O)S(=O)(=O)c3cccc(C(C)C(=O)O)c3)c2n1. The number of fused-ring (bicyclic) bond motifs is 1. The average Bonchev–Trinajstić information content (AvgIpc) is 3.20. The minimum atomic E-state index is -4.06. The lowest BCUT2D eigenvalue weighted by molar-refractivity contribution is -0.138. The highest BCUT2D eigenvalue weighted by Crippen LogP contribution is 2.24. The molecule has 0 saturated heterocycles. The predicted octanol–water partition coefficient (Wildman–Crippen LogP) is 2.31. The molecule has 220 valence electrons. The molecule has 1 aromatic carbocycles. The van der Waals surface area contributed by atoms with Crippen LogP contribution >= 0.6 is 0 Å². The molecule has 5 N–H and O–H groups in total. The number of hydrogen-bond donors (Lipinski definition) is 4. The summed E-state index contributed by atoms with van der Waals surface area (Å²) in [4.78, 5) is 35.1. The van der Waals surface area contributed by atoms with Crippen LogP contribution in [0.4, 0.5) is 5.82 Å². The van der Waals surface area contributed by atoms with Gasteiger partial charge in [0, 0.05) is 19.6 Å². The summed E-state index contributed by atoms with van der Waals surface area (Å²) in [6, 6.07) is 5.89. The fourth-order valence-electron chi connectivity index (χ4n) is 4.12. The number of imidazole rings is 1. The number of hydrogen-bond acceptors (Lipinski definition) is 9. The molecule has 0 bridgehead atoms. The van der Waals surface area contributed by atoms with Crippen LogP contribution in [0.25, 0.3) is 11.2 Å². The number of nitrogens with one attached hydrogen (secondary N) is 1. The number of H-pyrrole nitrogens is 1. The topological polar surface area (TPSA) is 194 Å². The van der Waals surface area contributed by atoms with Crippen molar-refractivity contribution in [2.45, 2.75) is 76.3 Å². The smallest absolute Gasteiger partial charge is 0.327 e. The lowest BCUT2D eigenvalue weighted by Crippen LogP contribution is -2.42. The molecule has 0 aliphatic carbocycles. The number of aryl methyl sites for hydroxylation is 1. The lowest BCUT2D eigenvalue weighted by Gasteiger charge is -2.28. The number of aromatic nitrogens is 4. The molecule has 1 atom stereocenters. The zero-order chi connectivity index (χ0) is 29.7. The Kier molecular flexibility index (Phi) is 9.92. The number of aliphatic hydroxyl groups is 1. The van der Waals surface area contributed by atoms with Crippen molar-refractivity contribution < 1.29 is 28.2 Å². The number of ether oxygens (including phenoxy) is 1. The number of carbonyl (C=O) groups is 1. The van der Waals surface area contributed by atoms with Crippen LogP contribution in [-0.2, 0) is 21.4 Å². The molecule has 3 aromatic rings. The van der Waals surface area contributed by atoms with Crippen LogP contribution in [-0.4, -0.2) is 73.7 Å². The van der Waals surface area contributed by atoms with Gasteiger partial charge < -0.3 is 25.7 Å².